The zero-order valence-electron chi connectivity index (χ0n) is 5.81. The molecule has 0 spiro atoms. The summed E-state index contributed by atoms with van der Waals surface area (Å²) < 4.78 is 0. The average molecular weight is 142 g/mol. The summed E-state index contributed by atoms with van der Waals surface area (Å²) in [5.41, 5.74) is 4.57. The van der Waals surface area contributed by atoms with Crippen molar-refractivity contribution in [2.45, 2.75) is 25.3 Å². The molecule has 1 aliphatic rings. The fourth-order valence-corrected chi connectivity index (χ4v) is 0.648. The number of carbonyl (C=O) groups is 2. The number of nitrogens with one attached hydrogen (secondary N) is 1. The lowest BCUT2D eigenvalue weighted by Gasteiger charge is -2.07. The van der Waals surface area contributed by atoms with Crippen molar-refractivity contribution in [2.24, 2.45) is 5.73 Å². The Labute approximate surface area is 58.8 Å². The minimum atomic E-state index is -0.909. The Kier molecular flexibility index (Phi) is 1.39. The largest absolute Gasteiger partial charge is 0.361 e. The minimum absolute atomic E-state index is 0.147. The van der Waals surface area contributed by atoms with E-state index in [9.17, 15) is 9.59 Å². The maximum Gasteiger partial charge on any atom is 0.309 e. The molecule has 0 radical (unpaired) electrons. The zero-order valence-corrected chi connectivity index (χ0v) is 5.81. The zero-order chi connectivity index (χ0) is 7.78. The third kappa shape index (κ3) is 1.46. The second-order valence-electron chi connectivity index (χ2n) is 2.88. The lowest BCUT2D eigenvalue weighted by molar-refractivity contribution is -0.137. The highest BCUT2D eigenvalue weighted by molar-refractivity contribution is 6.34. The molecular weight excluding hydrogens is 132 g/mol. The maximum atomic E-state index is 10.6. The van der Waals surface area contributed by atoms with Crippen molar-refractivity contribution in [1.82, 2.24) is 5.32 Å². The molecule has 0 heterocycles. The molecule has 1 fully saturated rings. The van der Waals surface area contributed by atoms with Gasteiger partial charge in [-0.3, -0.25) is 9.59 Å². The van der Waals surface area contributed by atoms with Crippen molar-refractivity contribution < 1.29 is 9.59 Å². The van der Waals surface area contributed by atoms with E-state index < -0.39 is 11.8 Å². The van der Waals surface area contributed by atoms with Crippen LogP contribution < -0.4 is 11.1 Å². The molecule has 0 atom stereocenters. The van der Waals surface area contributed by atoms with E-state index >= 15 is 0 Å². The summed E-state index contributed by atoms with van der Waals surface area (Å²) in [7, 11) is 0. The highest BCUT2D eigenvalue weighted by Gasteiger charge is 2.39. The van der Waals surface area contributed by atoms with E-state index in [1.165, 1.54) is 0 Å². The quantitative estimate of drug-likeness (QED) is 0.467. The van der Waals surface area contributed by atoms with Gasteiger partial charge in [0.05, 0.1) is 0 Å². The summed E-state index contributed by atoms with van der Waals surface area (Å²) in [6.07, 6.45) is 1.87. The van der Waals surface area contributed by atoms with E-state index in [4.69, 9.17) is 5.73 Å². The van der Waals surface area contributed by atoms with E-state index in [1.807, 2.05) is 6.92 Å². The molecule has 1 rings (SSSR count). The van der Waals surface area contributed by atoms with Gasteiger partial charge in [-0.05, 0) is 19.8 Å². The van der Waals surface area contributed by atoms with Gasteiger partial charge in [0.25, 0.3) is 0 Å². The smallest absolute Gasteiger partial charge is 0.309 e. The third-order valence-corrected chi connectivity index (χ3v) is 1.64. The van der Waals surface area contributed by atoms with Gasteiger partial charge in [-0.15, -0.1) is 0 Å². The summed E-state index contributed by atoms with van der Waals surface area (Å²) in [5, 5.41) is 2.52. The molecule has 0 saturated heterocycles. The van der Waals surface area contributed by atoms with Gasteiger partial charge in [0.2, 0.25) is 0 Å². The number of primary amides is 1. The van der Waals surface area contributed by atoms with Crippen LogP contribution in [-0.4, -0.2) is 17.4 Å². The van der Waals surface area contributed by atoms with Crippen LogP contribution in [-0.2, 0) is 9.59 Å². The Morgan fingerprint density at radius 1 is 1.50 bits per heavy atom. The van der Waals surface area contributed by atoms with Crippen molar-refractivity contribution >= 4 is 11.8 Å². The Balaban J connectivity index is 2.39. The van der Waals surface area contributed by atoms with Crippen molar-refractivity contribution in [3.63, 3.8) is 0 Å². The molecule has 56 valence electrons. The van der Waals surface area contributed by atoms with Crippen molar-refractivity contribution in [2.75, 3.05) is 0 Å². The van der Waals surface area contributed by atoms with Gasteiger partial charge in [0.15, 0.2) is 0 Å². The van der Waals surface area contributed by atoms with E-state index in [0.29, 0.717) is 0 Å². The fraction of sp³-hybridized carbons (Fsp3) is 0.667. The lowest BCUT2D eigenvalue weighted by atomic mass is 10.3. The topological polar surface area (TPSA) is 72.2 Å². The van der Waals surface area contributed by atoms with Gasteiger partial charge >= 0.3 is 11.8 Å². The van der Waals surface area contributed by atoms with Gasteiger partial charge in [-0.2, -0.15) is 0 Å². The molecule has 0 aromatic heterocycles. The van der Waals surface area contributed by atoms with Gasteiger partial charge in [-0.1, -0.05) is 0 Å². The maximum absolute atomic E-state index is 10.6. The molecular formula is C6H10N2O2. The number of nitrogens with two attached hydrogens (primary N) is 1. The van der Waals surface area contributed by atoms with Crippen LogP contribution in [0.4, 0.5) is 0 Å². The molecule has 0 aromatic rings. The molecule has 10 heavy (non-hydrogen) atoms. The van der Waals surface area contributed by atoms with Gasteiger partial charge in [0, 0.05) is 5.54 Å². The van der Waals surface area contributed by atoms with E-state index in [2.05, 4.69) is 5.32 Å². The van der Waals surface area contributed by atoms with Gasteiger partial charge < -0.3 is 11.1 Å². The summed E-state index contributed by atoms with van der Waals surface area (Å²) in [6.45, 7) is 1.88. The second kappa shape index (κ2) is 1.97. The van der Waals surface area contributed by atoms with Crippen LogP contribution >= 0.6 is 0 Å². The van der Waals surface area contributed by atoms with Crippen LogP contribution in [0.1, 0.15) is 19.8 Å². The van der Waals surface area contributed by atoms with Crippen LogP contribution in [0.2, 0.25) is 0 Å². The monoisotopic (exact) mass is 142 g/mol. The number of rotatable bonds is 1. The Morgan fingerprint density at radius 3 is 2.30 bits per heavy atom. The molecule has 0 unspecified atom stereocenters. The van der Waals surface area contributed by atoms with Gasteiger partial charge in [0.1, 0.15) is 0 Å². The molecule has 0 aromatic carbocycles. The van der Waals surface area contributed by atoms with E-state index in [0.717, 1.165) is 12.8 Å². The number of hydrogen-bond donors (Lipinski definition) is 2. The van der Waals surface area contributed by atoms with Crippen LogP contribution in [0.3, 0.4) is 0 Å². The first kappa shape index (κ1) is 7.05. The Hall–Kier alpha value is -1.06. The molecule has 4 heteroatoms. The average Bonchev–Trinajstić information content (AvgIpc) is 2.47. The summed E-state index contributed by atoms with van der Waals surface area (Å²) in [4.78, 5) is 20.8. The summed E-state index contributed by atoms with van der Waals surface area (Å²) in [5.74, 6) is -1.59. The number of amides is 2. The molecule has 0 bridgehead atoms. The highest BCUT2D eigenvalue weighted by Crippen LogP contribution is 2.33. The first-order chi connectivity index (χ1) is 4.53. The predicted octanol–water partition coefficient (Wildman–Crippen LogP) is -0.860. The van der Waals surface area contributed by atoms with E-state index in [-0.39, 0.29) is 5.54 Å². The standard InChI is InChI=1S/C6H10N2O2/c1-6(2-3-6)8-5(10)4(7)9/h2-3H2,1H3,(H2,7,9)(H,8,10). The van der Waals surface area contributed by atoms with Crippen LogP contribution in [0.15, 0.2) is 0 Å². The van der Waals surface area contributed by atoms with Crippen LogP contribution in [0.25, 0.3) is 0 Å². The Morgan fingerprint density at radius 2 is 2.00 bits per heavy atom. The predicted molar refractivity (Wildman–Crippen MR) is 35.0 cm³/mol. The molecule has 0 aliphatic heterocycles. The fourth-order valence-electron chi connectivity index (χ4n) is 0.648. The summed E-state index contributed by atoms with van der Waals surface area (Å²) >= 11 is 0. The molecule has 1 saturated carbocycles. The molecule has 2 amide bonds. The van der Waals surface area contributed by atoms with E-state index in [1.54, 1.807) is 0 Å². The van der Waals surface area contributed by atoms with Crippen molar-refractivity contribution in [3.05, 3.63) is 0 Å². The lowest BCUT2D eigenvalue weighted by Crippen LogP contribution is -2.42. The first-order valence-electron chi connectivity index (χ1n) is 3.15. The minimum Gasteiger partial charge on any atom is -0.361 e. The molecule has 3 N–H and O–H groups in total. The molecule has 1 aliphatic carbocycles. The summed E-state index contributed by atoms with van der Waals surface area (Å²) in [6, 6.07) is 0. The van der Waals surface area contributed by atoms with Crippen molar-refractivity contribution in [3.8, 4) is 0 Å². The molecule has 4 nitrogen and oxygen atoms in total. The van der Waals surface area contributed by atoms with Crippen LogP contribution in [0, 0.1) is 0 Å². The number of carbonyl (C=O) groups excluding carboxylic acids is 2. The SMILES string of the molecule is CC1(NC(=O)C(N)=O)CC1. The van der Waals surface area contributed by atoms with Gasteiger partial charge in [-0.25, -0.2) is 0 Å². The third-order valence-electron chi connectivity index (χ3n) is 1.64. The number of hydrogen-bond acceptors (Lipinski definition) is 2. The first-order valence-corrected chi connectivity index (χ1v) is 3.15. The highest BCUT2D eigenvalue weighted by atomic mass is 16.2. The van der Waals surface area contributed by atoms with Crippen molar-refractivity contribution in [1.29, 1.82) is 0 Å². The second-order valence-corrected chi connectivity index (χ2v) is 2.88. The Bertz CT molecular complexity index is 184. The normalized spacial score (nSPS) is 19.7. The van der Waals surface area contributed by atoms with Crippen LogP contribution in [0.5, 0.6) is 0 Å².